The number of benzene rings is 2. The van der Waals surface area contributed by atoms with Gasteiger partial charge in [-0.15, -0.1) is 35.7 Å². The second-order valence-corrected chi connectivity index (χ2v) is 7.32. The quantitative estimate of drug-likeness (QED) is 0.285. The number of hydrogen-bond acceptors (Lipinski definition) is 4. The number of anilines is 1. The van der Waals surface area contributed by atoms with Crippen molar-refractivity contribution in [3.8, 4) is 11.5 Å². The number of nitrogens with two attached hydrogens (primary N) is 1. The first-order chi connectivity index (χ1) is 12.2. The number of thioether (sulfide) groups is 1. The van der Waals surface area contributed by atoms with Gasteiger partial charge >= 0.3 is 0 Å². The van der Waals surface area contributed by atoms with Crippen LogP contribution in [-0.2, 0) is 0 Å². The molecule has 0 radical (unpaired) electrons. The van der Waals surface area contributed by atoms with Crippen molar-refractivity contribution >= 4 is 47.4 Å². The van der Waals surface area contributed by atoms with Crippen LogP contribution in [-0.4, -0.2) is 31.0 Å². The third-order valence-electron chi connectivity index (χ3n) is 3.62. The number of halogens is 1. The van der Waals surface area contributed by atoms with Crippen molar-refractivity contribution in [3.05, 3.63) is 48.5 Å². The minimum absolute atomic E-state index is 0. The van der Waals surface area contributed by atoms with Crippen LogP contribution in [0.2, 0.25) is 0 Å². The summed E-state index contributed by atoms with van der Waals surface area (Å²) in [6.45, 7) is 4.12. The zero-order valence-electron chi connectivity index (χ0n) is 14.7. The fraction of sp³-hybridized carbons (Fsp3) is 0.316. The van der Waals surface area contributed by atoms with E-state index in [0.29, 0.717) is 31.0 Å². The molecule has 3 rings (SSSR count). The van der Waals surface area contributed by atoms with Gasteiger partial charge in [-0.1, -0.05) is 25.1 Å². The molecule has 1 aliphatic rings. The largest absolute Gasteiger partial charge is 0.490 e. The summed E-state index contributed by atoms with van der Waals surface area (Å²) in [6.07, 6.45) is 0.887. The summed E-state index contributed by atoms with van der Waals surface area (Å²) in [5, 5.41) is 3.45. The number of guanidine groups is 1. The average Bonchev–Trinajstić information content (AvgIpc) is 2.86. The molecule has 0 spiro atoms. The second kappa shape index (κ2) is 10.5. The average molecular weight is 485 g/mol. The van der Waals surface area contributed by atoms with Gasteiger partial charge < -0.3 is 20.5 Å². The first-order valence-corrected chi connectivity index (χ1v) is 9.27. The van der Waals surface area contributed by atoms with E-state index in [4.69, 9.17) is 15.2 Å². The summed E-state index contributed by atoms with van der Waals surface area (Å²) >= 11 is 1.79. The Kier molecular flexibility index (Phi) is 8.37. The van der Waals surface area contributed by atoms with Gasteiger partial charge in [-0.05, 0) is 24.3 Å². The van der Waals surface area contributed by atoms with E-state index in [1.807, 2.05) is 36.4 Å². The van der Waals surface area contributed by atoms with Crippen molar-refractivity contribution in [2.45, 2.75) is 23.5 Å². The van der Waals surface area contributed by atoms with E-state index < -0.39 is 0 Å². The number of hydrogen-bond donors (Lipinski definition) is 2. The van der Waals surface area contributed by atoms with Gasteiger partial charge in [0.05, 0.1) is 19.8 Å². The Labute approximate surface area is 175 Å². The Bertz CT molecular complexity index is 728. The maximum atomic E-state index is 6.01. The van der Waals surface area contributed by atoms with Gasteiger partial charge in [-0.25, -0.2) is 0 Å². The van der Waals surface area contributed by atoms with Crippen LogP contribution < -0.4 is 20.5 Å². The zero-order chi connectivity index (χ0) is 17.5. The number of aliphatic imine (C=N–C) groups is 1. The molecule has 2 aromatic carbocycles. The zero-order valence-corrected chi connectivity index (χ0v) is 17.8. The van der Waals surface area contributed by atoms with Gasteiger partial charge in [-0.2, -0.15) is 0 Å². The van der Waals surface area contributed by atoms with Crippen LogP contribution >= 0.6 is 35.7 Å². The highest BCUT2D eigenvalue weighted by Crippen LogP contribution is 2.32. The lowest BCUT2D eigenvalue weighted by molar-refractivity contribution is 0.297. The molecule has 0 amide bonds. The summed E-state index contributed by atoms with van der Waals surface area (Å²) in [7, 11) is 0. The molecule has 1 heterocycles. The SMILES string of the molecule is CC(CN=C(N)Nc1ccc2c(c1)OCCCO2)Sc1ccccc1.I. The monoisotopic (exact) mass is 485 g/mol. The van der Waals surface area contributed by atoms with Crippen LogP contribution in [0.3, 0.4) is 0 Å². The maximum Gasteiger partial charge on any atom is 0.193 e. The molecular formula is C19H24IN3O2S. The molecule has 3 N–H and O–H groups in total. The van der Waals surface area contributed by atoms with E-state index >= 15 is 0 Å². The summed E-state index contributed by atoms with van der Waals surface area (Å²) in [5.74, 6) is 1.91. The van der Waals surface area contributed by atoms with Gasteiger partial charge in [-0.3, -0.25) is 4.99 Å². The first kappa shape index (κ1) is 20.7. The molecule has 0 saturated carbocycles. The van der Waals surface area contributed by atoms with Crippen LogP contribution in [0.1, 0.15) is 13.3 Å². The summed E-state index contributed by atoms with van der Waals surface area (Å²) in [6, 6.07) is 16.0. The molecule has 26 heavy (non-hydrogen) atoms. The van der Waals surface area contributed by atoms with E-state index in [2.05, 4.69) is 29.4 Å². The predicted octanol–water partition coefficient (Wildman–Crippen LogP) is 4.37. The van der Waals surface area contributed by atoms with Gasteiger partial charge in [0.15, 0.2) is 17.5 Å². The number of rotatable bonds is 5. The van der Waals surface area contributed by atoms with Crippen LogP contribution in [0, 0.1) is 0 Å². The lowest BCUT2D eigenvalue weighted by atomic mass is 10.3. The molecule has 1 unspecified atom stereocenters. The molecule has 2 aromatic rings. The molecule has 7 heteroatoms. The van der Waals surface area contributed by atoms with Crippen molar-refractivity contribution in [3.63, 3.8) is 0 Å². The fourth-order valence-electron chi connectivity index (χ4n) is 2.42. The first-order valence-electron chi connectivity index (χ1n) is 8.39. The van der Waals surface area contributed by atoms with Crippen LogP contribution in [0.4, 0.5) is 5.69 Å². The number of nitrogens with zero attached hydrogens (tertiary/aromatic N) is 1. The summed E-state index contributed by atoms with van der Waals surface area (Å²) < 4.78 is 11.3. The standard InChI is InChI=1S/C19H23N3O2S.HI/c1-14(25-16-6-3-2-4-7-16)13-21-19(20)22-15-8-9-17-18(12-15)24-11-5-10-23-17;/h2-4,6-9,12,14H,5,10-11,13H2,1H3,(H3,20,21,22);1H. The molecule has 1 atom stereocenters. The molecule has 0 fully saturated rings. The van der Waals surface area contributed by atoms with Crippen molar-refractivity contribution < 1.29 is 9.47 Å². The third-order valence-corrected chi connectivity index (χ3v) is 4.71. The van der Waals surface area contributed by atoms with E-state index in [9.17, 15) is 0 Å². The molecule has 1 aliphatic heterocycles. The highest BCUT2D eigenvalue weighted by molar-refractivity contribution is 14.0. The molecule has 5 nitrogen and oxygen atoms in total. The minimum Gasteiger partial charge on any atom is -0.490 e. The predicted molar refractivity (Wildman–Crippen MR) is 119 cm³/mol. The maximum absolute atomic E-state index is 6.01. The Balaban J connectivity index is 0.00000243. The van der Waals surface area contributed by atoms with Crippen molar-refractivity contribution in [1.29, 1.82) is 0 Å². The van der Waals surface area contributed by atoms with E-state index in [1.54, 1.807) is 11.8 Å². The fourth-order valence-corrected chi connectivity index (χ4v) is 3.35. The van der Waals surface area contributed by atoms with Crippen molar-refractivity contribution in [1.82, 2.24) is 0 Å². The summed E-state index contributed by atoms with van der Waals surface area (Å²) in [5.41, 5.74) is 6.85. The second-order valence-electron chi connectivity index (χ2n) is 5.80. The molecule has 140 valence electrons. The Morgan fingerprint density at radius 3 is 2.65 bits per heavy atom. The van der Waals surface area contributed by atoms with E-state index in [1.165, 1.54) is 4.90 Å². The third kappa shape index (κ3) is 6.28. The highest BCUT2D eigenvalue weighted by atomic mass is 127. The number of fused-ring (bicyclic) bond motifs is 1. The Morgan fingerprint density at radius 1 is 1.15 bits per heavy atom. The van der Waals surface area contributed by atoms with Gasteiger partial charge in [0.1, 0.15) is 0 Å². The van der Waals surface area contributed by atoms with Crippen molar-refractivity contribution in [2.75, 3.05) is 25.1 Å². The normalized spacial score (nSPS) is 14.7. The lowest BCUT2D eigenvalue weighted by Crippen LogP contribution is -2.23. The lowest BCUT2D eigenvalue weighted by Gasteiger charge is -2.12. The number of ether oxygens (including phenoxy) is 2. The molecule has 0 saturated heterocycles. The number of nitrogens with one attached hydrogen (secondary N) is 1. The van der Waals surface area contributed by atoms with Crippen LogP contribution in [0.15, 0.2) is 58.4 Å². The Morgan fingerprint density at radius 2 is 1.88 bits per heavy atom. The van der Waals surface area contributed by atoms with Gasteiger partial charge in [0, 0.05) is 28.3 Å². The smallest absolute Gasteiger partial charge is 0.193 e. The molecular weight excluding hydrogens is 461 g/mol. The topological polar surface area (TPSA) is 68.9 Å². The summed E-state index contributed by atoms with van der Waals surface area (Å²) in [4.78, 5) is 5.67. The molecule has 0 bridgehead atoms. The van der Waals surface area contributed by atoms with Gasteiger partial charge in [0.25, 0.3) is 0 Å². The van der Waals surface area contributed by atoms with E-state index in [0.717, 1.165) is 23.6 Å². The highest BCUT2D eigenvalue weighted by Gasteiger charge is 2.11. The van der Waals surface area contributed by atoms with E-state index in [-0.39, 0.29) is 24.0 Å². The van der Waals surface area contributed by atoms with Crippen LogP contribution in [0.5, 0.6) is 11.5 Å². The Hall–Kier alpha value is -1.61. The minimum atomic E-state index is 0. The molecule has 0 aliphatic carbocycles. The van der Waals surface area contributed by atoms with Crippen molar-refractivity contribution in [2.24, 2.45) is 10.7 Å². The molecule has 0 aromatic heterocycles. The van der Waals surface area contributed by atoms with Gasteiger partial charge in [0.2, 0.25) is 0 Å². The van der Waals surface area contributed by atoms with Crippen LogP contribution in [0.25, 0.3) is 0 Å².